The highest BCUT2D eigenvalue weighted by atomic mass is 15.2. The van der Waals surface area contributed by atoms with Crippen LogP contribution in [-0.2, 0) is 0 Å². The highest BCUT2D eigenvalue weighted by Crippen LogP contribution is 2.30. The fourth-order valence-electron chi connectivity index (χ4n) is 2.57. The van der Waals surface area contributed by atoms with Gasteiger partial charge in [0.05, 0.1) is 5.69 Å². The number of hydrogen-bond donors (Lipinski definition) is 2. The first-order valence-corrected chi connectivity index (χ1v) is 6.53. The second-order valence-electron chi connectivity index (χ2n) is 5.36. The fraction of sp³-hybridized carbons (Fsp3) is 0.400. The van der Waals surface area contributed by atoms with E-state index >= 15 is 0 Å². The van der Waals surface area contributed by atoms with Crippen molar-refractivity contribution in [1.29, 1.82) is 0 Å². The average Bonchev–Trinajstić information content (AvgIpc) is 2.96. The van der Waals surface area contributed by atoms with Crippen LogP contribution in [0.25, 0.3) is 11.3 Å². The molecule has 1 aromatic carbocycles. The minimum absolute atomic E-state index is 0.640. The van der Waals surface area contributed by atoms with Gasteiger partial charge in [0.2, 0.25) is 0 Å². The number of rotatable bonds is 3. The maximum Gasteiger partial charge on any atom is 0.148 e. The topological polar surface area (TPSA) is 40.7 Å². The van der Waals surface area contributed by atoms with E-state index in [4.69, 9.17) is 0 Å². The molecule has 0 unspecified atom stereocenters. The monoisotopic (exact) mass is 241 g/mol. The van der Waals surface area contributed by atoms with E-state index in [1.54, 1.807) is 0 Å². The summed E-state index contributed by atoms with van der Waals surface area (Å²) in [6, 6.07) is 7.19. The molecule has 3 rings (SSSR count). The van der Waals surface area contributed by atoms with E-state index in [0.29, 0.717) is 6.04 Å². The van der Waals surface area contributed by atoms with Crippen molar-refractivity contribution in [2.45, 2.75) is 39.7 Å². The van der Waals surface area contributed by atoms with Crippen LogP contribution in [0.2, 0.25) is 0 Å². The smallest absolute Gasteiger partial charge is 0.148 e. The van der Waals surface area contributed by atoms with Crippen molar-refractivity contribution in [3.8, 4) is 11.3 Å². The molecule has 94 valence electrons. The van der Waals surface area contributed by atoms with Gasteiger partial charge in [-0.1, -0.05) is 17.7 Å². The fourth-order valence-corrected chi connectivity index (χ4v) is 2.57. The zero-order valence-corrected chi connectivity index (χ0v) is 11.2. The second kappa shape index (κ2) is 4.16. The predicted molar refractivity (Wildman–Crippen MR) is 74.9 cm³/mol. The van der Waals surface area contributed by atoms with Crippen molar-refractivity contribution < 1.29 is 0 Å². The average molecular weight is 241 g/mol. The normalized spacial score (nSPS) is 14.8. The molecule has 0 atom stereocenters. The first kappa shape index (κ1) is 11.3. The van der Waals surface area contributed by atoms with Gasteiger partial charge in [0.15, 0.2) is 0 Å². The van der Waals surface area contributed by atoms with Gasteiger partial charge < -0.3 is 5.32 Å². The number of benzene rings is 1. The van der Waals surface area contributed by atoms with Crippen LogP contribution in [0.3, 0.4) is 0 Å². The molecule has 1 saturated carbocycles. The lowest BCUT2D eigenvalue weighted by Gasteiger charge is -2.08. The molecule has 1 aliphatic carbocycles. The number of aromatic amines is 1. The Kier molecular flexibility index (Phi) is 2.62. The molecule has 0 bridgehead atoms. The molecule has 18 heavy (non-hydrogen) atoms. The Labute approximate surface area is 108 Å². The van der Waals surface area contributed by atoms with Gasteiger partial charge in [-0.25, -0.2) is 0 Å². The largest absolute Gasteiger partial charge is 0.366 e. The minimum atomic E-state index is 0.640. The molecule has 1 heterocycles. The summed E-state index contributed by atoms with van der Waals surface area (Å²) in [5.74, 6) is 0.965. The van der Waals surface area contributed by atoms with Crippen molar-refractivity contribution in [1.82, 2.24) is 10.2 Å². The molecule has 0 radical (unpaired) electrons. The van der Waals surface area contributed by atoms with Crippen molar-refractivity contribution in [2.75, 3.05) is 5.32 Å². The maximum atomic E-state index is 4.34. The van der Waals surface area contributed by atoms with Gasteiger partial charge >= 0.3 is 0 Å². The van der Waals surface area contributed by atoms with Crippen LogP contribution in [0.4, 0.5) is 5.82 Å². The molecule has 1 fully saturated rings. The van der Waals surface area contributed by atoms with Crippen molar-refractivity contribution in [3.05, 3.63) is 34.9 Å². The van der Waals surface area contributed by atoms with E-state index in [0.717, 1.165) is 11.5 Å². The predicted octanol–water partition coefficient (Wildman–Crippen LogP) is 3.58. The summed E-state index contributed by atoms with van der Waals surface area (Å²) in [4.78, 5) is 0. The zero-order chi connectivity index (χ0) is 12.7. The van der Waals surface area contributed by atoms with E-state index in [1.807, 2.05) is 0 Å². The lowest BCUT2D eigenvalue weighted by atomic mass is 9.97. The Morgan fingerprint density at radius 1 is 1.11 bits per heavy atom. The Bertz CT molecular complexity index is 556. The molecule has 0 spiro atoms. The first-order chi connectivity index (χ1) is 8.63. The van der Waals surface area contributed by atoms with E-state index in [9.17, 15) is 0 Å². The van der Waals surface area contributed by atoms with Gasteiger partial charge in [0, 0.05) is 17.7 Å². The molecule has 1 aliphatic rings. The maximum absolute atomic E-state index is 4.34. The summed E-state index contributed by atoms with van der Waals surface area (Å²) in [6.45, 7) is 6.45. The lowest BCUT2D eigenvalue weighted by Crippen LogP contribution is -2.00. The molecular formula is C15H19N3. The highest BCUT2D eigenvalue weighted by Gasteiger charge is 2.22. The molecular weight excluding hydrogens is 222 g/mol. The van der Waals surface area contributed by atoms with Crippen LogP contribution in [0.1, 0.15) is 29.5 Å². The summed E-state index contributed by atoms with van der Waals surface area (Å²) in [6.07, 6.45) is 2.54. The van der Waals surface area contributed by atoms with Gasteiger partial charge in [0.1, 0.15) is 5.82 Å². The molecule has 0 saturated heterocycles. The minimum Gasteiger partial charge on any atom is -0.366 e. The standard InChI is InChI=1S/C15H19N3/c1-9-6-10(2)15(11(3)7-9)13-8-14(18-17-13)16-12-4-5-12/h6-8,12H,4-5H2,1-3H3,(H2,16,17,18). The summed E-state index contributed by atoms with van der Waals surface area (Å²) >= 11 is 0. The third-order valence-corrected chi connectivity index (χ3v) is 3.45. The van der Waals surface area contributed by atoms with Crippen molar-refractivity contribution in [2.24, 2.45) is 0 Å². The Balaban J connectivity index is 1.95. The molecule has 3 nitrogen and oxygen atoms in total. The summed E-state index contributed by atoms with van der Waals surface area (Å²) < 4.78 is 0. The number of nitrogens with zero attached hydrogens (tertiary/aromatic N) is 1. The van der Waals surface area contributed by atoms with Crippen molar-refractivity contribution in [3.63, 3.8) is 0 Å². The number of nitrogens with one attached hydrogen (secondary N) is 2. The Morgan fingerprint density at radius 2 is 1.78 bits per heavy atom. The summed E-state index contributed by atoms with van der Waals surface area (Å²) in [5, 5.41) is 10.9. The molecule has 2 N–H and O–H groups in total. The lowest BCUT2D eigenvalue weighted by molar-refractivity contribution is 1.05. The summed E-state index contributed by atoms with van der Waals surface area (Å²) in [5.41, 5.74) is 6.29. The van der Waals surface area contributed by atoms with Gasteiger partial charge in [-0.05, 0) is 44.7 Å². The van der Waals surface area contributed by atoms with E-state index in [1.165, 1.54) is 35.1 Å². The van der Waals surface area contributed by atoms with Crippen molar-refractivity contribution >= 4 is 5.82 Å². The molecule has 0 aliphatic heterocycles. The first-order valence-electron chi connectivity index (χ1n) is 6.53. The third kappa shape index (κ3) is 2.13. The van der Waals surface area contributed by atoms with Crippen LogP contribution < -0.4 is 5.32 Å². The quantitative estimate of drug-likeness (QED) is 0.862. The van der Waals surface area contributed by atoms with Crippen LogP contribution in [0.5, 0.6) is 0 Å². The van der Waals surface area contributed by atoms with Crippen LogP contribution in [0, 0.1) is 20.8 Å². The molecule has 1 aromatic heterocycles. The van der Waals surface area contributed by atoms with Crippen LogP contribution in [0.15, 0.2) is 18.2 Å². The van der Waals surface area contributed by atoms with E-state index in [2.05, 4.69) is 54.5 Å². The van der Waals surface area contributed by atoms with Gasteiger partial charge in [-0.3, -0.25) is 5.10 Å². The van der Waals surface area contributed by atoms with Gasteiger partial charge in [-0.2, -0.15) is 5.10 Å². The number of aromatic nitrogens is 2. The third-order valence-electron chi connectivity index (χ3n) is 3.45. The van der Waals surface area contributed by atoms with Crippen LogP contribution >= 0.6 is 0 Å². The summed E-state index contributed by atoms with van der Waals surface area (Å²) in [7, 11) is 0. The number of hydrogen-bond acceptors (Lipinski definition) is 2. The zero-order valence-electron chi connectivity index (χ0n) is 11.2. The Hall–Kier alpha value is -1.77. The number of H-pyrrole nitrogens is 1. The second-order valence-corrected chi connectivity index (χ2v) is 5.36. The van der Waals surface area contributed by atoms with Crippen LogP contribution in [-0.4, -0.2) is 16.2 Å². The SMILES string of the molecule is Cc1cc(C)c(-c2cc(NC3CC3)n[nH]2)c(C)c1. The van der Waals surface area contributed by atoms with E-state index in [-0.39, 0.29) is 0 Å². The molecule has 0 amide bonds. The number of aryl methyl sites for hydroxylation is 3. The van der Waals surface area contributed by atoms with E-state index < -0.39 is 0 Å². The Morgan fingerprint density at radius 3 is 2.39 bits per heavy atom. The van der Waals surface area contributed by atoms with Gasteiger partial charge in [-0.15, -0.1) is 0 Å². The number of anilines is 1. The molecule has 2 aromatic rings. The van der Waals surface area contributed by atoms with Gasteiger partial charge in [0.25, 0.3) is 0 Å². The highest BCUT2D eigenvalue weighted by molar-refractivity contribution is 5.70. The molecule has 3 heteroatoms.